The molecule has 2 fully saturated rings. The van der Waals surface area contributed by atoms with E-state index in [-0.39, 0.29) is 51.1 Å². The molecule has 3 amide bonds. The maximum atomic E-state index is 15.6. The zero-order valence-electron chi connectivity index (χ0n) is 30.6. The van der Waals surface area contributed by atoms with Crippen LogP contribution in [0.15, 0.2) is 41.6 Å². The van der Waals surface area contributed by atoms with Crippen LogP contribution in [-0.2, 0) is 21.3 Å². The van der Waals surface area contributed by atoms with E-state index in [4.69, 9.17) is 21.1 Å². The van der Waals surface area contributed by atoms with Gasteiger partial charge in [-0.1, -0.05) is 22.4 Å². The van der Waals surface area contributed by atoms with Gasteiger partial charge in [0.25, 0.3) is 17.7 Å². The first-order chi connectivity index (χ1) is 25.3. The number of nitrogens with one attached hydrogen (secondary N) is 1. The van der Waals surface area contributed by atoms with Gasteiger partial charge in [-0.2, -0.15) is 0 Å². The Hall–Kier alpha value is -4.57. The average molecular weight is 755 g/mol. The van der Waals surface area contributed by atoms with E-state index in [0.29, 0.717) is 68.4 Å². The minimum atomic E-state index is -1.06. The lowest BCUT2D eigenvalue weighted by Gasteiger charge is -2.43. The number of carbonyl (C=O) groups excluding carboxylic acids is 3. The molecule has 53 heavy (non-hydrogen) atoms. The molecular formula is C37H45ClF2N8O5+2. The molecule has 282 valence electrons. The van der Waals surface area contributed by atoms with E-state index < -0.39 is 23.5 Å². The molecule has 2 atom stereocenters. The van der Waals surface area contributed by atoms with E-state index in [0.717, 1.165) is 13.0 Å². The predicted molar refractivity (Wildman–Crippen MR) is 196 cm³/mol. The van der Waals surface area contributed by atoms with E-state index in [1.807, 2.05) is 14.1 Å². The smallest absolute Gasteiger partial charge is 0.291 e. The number of piperazine rings is 1. The molecule has 1 unspecified atom stereocenters. The van der Waals surface area contributed by atoms with Crippen LogP contribution in [0.4, 0.5) is 14.5 Å². The molecule has 3 aromatic rings. The Morgan fingerprint density at radius 3 is 2.53 bits per heavy atom. The van der Waals surface area contributed by atoms with Crippen molar-refractivity contribution in [3.63, 3.8) is 0 Å². The molecule has 16 heteroatoms. The quantitative estimate of drug-likeness (QED) is 0.192. The average Bonchev–Trinajstić information content (AvgIpc) is 3.70. The Morgan fingerprint density at radius 1 is 1.09 bits per heavy atom. The van der Waals surface area contributed by atoms with Gasteiger partial charge in [-0.25, -0.2) is 13.8 Å². The van der Waals surface area contributed by atoms with Gasteiger partial charge in [-0.3, -0.25) is 14.4 Å². The number of likely N-dealkylation sites (N-methyl/N-ethyl adjacent to an activating group) is 1. The van der Waals surface area contributed by atoms with Crippen molar-refractivity contribution in [3.05, 3.63) is 70.1 Å². The fourth-order valence-electron chi connectivity index (χ4n) is 6.94. The van der Waals surface area contributed by atoms with Gasteiger partial charge in [0.1, 0.15) is 19.1 Å². The number of methoxy groups -OCH3 is 1. The molecule has 1 aromatic heterocycles. The van der Waals surface area contributed by atoms with Crippen molar-refractivity contribution in [2.45, 2.75) is 25.3 Å². The van der Waals surface area contributed by atoms with Crippen molar-refractivity contribution in [1.82, 2.24) is 19.4 Å². The first-order valence-corrected chi connectivity index (χ1v) is 17.9. The summed E-state index contributed by atoms with van der Waals surface area (Å²) in [4.78, 5) is 47.6. The van der Waals surface area contributed by atoms with Crippen molar-refractivity contribution >= 4 is 46.9 Å². The van der Waals surface area contributed by atoms with Crippen LogP contribution in [0.25, 0.3) is 11.3 Å². The fourth-order valence-corrected chi connectivity index (χ4v) is 7.20. The summed E-state index contributed by atoms with van der Waals surface area (Å²) in [7, 11) is 7.21. The molecule has 0 aliphatic carbocycles. The van der Waals surface area contributed by atoms with E-state index in [9.17, 15) is 14.4 Å². The molecule has 0 radical (unpaired) electrons. The number of ether oxygens (including phenoxy) is 2. The van der Waals surface area contributed by atoms with Crippen LogP contribution < -0.4 is 5.32 Å². The summed E-state index contributed by atoms with van der Waals surface area (Å²) in [6.45, 7) is 6.21. The lowest BCUT2D eigenvalue weighted by atomic mass is 9.94. The fraction of sp³-hybridized carbons (Fsp3) is 0.459. The third-order valence-corrected chi connectivity index (χ3v) is 10.6. The SMILES string of the molecule is COCCC[N+]1=CC(c2ccc(-c3cnc(C(=O)Nc4ccc(C(=O)N5CCN(C(=O)[C@@H]6COCC[N+]6(C)C)CC5)c(Cl)c4)n3C)c(F)c2F)C(C)=N1. The van der Waals surface area contributed by atoms with Gasteiger partial charge >= 0.3 is 0 Å². The number of hydrazone groups is 1. The molecule has 1 N–H and O–H groups in total. The number of hydrogen-bond donors (Lipinski definition) is 1. The monoisotopic (exact) mass is 754 g/mol. The number of anilines is 1. The zero-order valence-corrected chi connectivity index (χ0v) is 31.3. The van der Waals surface area contributed by atoms with Gasteiger partial charge in [0.05, 0.1) is 55.5 Å². The number of morpholine rings is 1. The topological polar surface area (TPSA) is 121 Å². The van der Waals surface area contributed by atoms with Crippen molar-refractivity contribution in [1.29, 1.82) is 0 Å². The summed E-state index contributed by atoms with van der Waals surface area (Å²) in [6, 6.07) is 7.28. The van der Waals surface area contributed by atoms with Crippen LogP contribution in [-0.4, -0.2) is 145 Å². The third kappa shape index (κ3) is 7.88. The van der Waals surface area contributed by atoms with Crippen LogP contribution >= 0.6 is 11.6 Å². The summed E-state index contributed by atoms with van der Waals surface area (Å²) < 4.78 is 45.4. The Morgan fingerprint density at radius 2 is 1.83 bits per heavy atom. The summed E-state index contributed by atoms with van der Waals surface area (Å²) in [6.07, 6.45) is 3.81. The molecule has 2 aromatic carbocycles. The molecule has 2 saturated heterocycles. The molecule has 0 bridgehead atoms. The highest BCUT2D eigenvalue weighted by Crippen LogP contribution is 2.32. The molecule has 0 saturated carbocycles. The van der Waals surface area contributed by atoms with E-state index >= 15 is 8.78 Å². The van der Waals surface area contributed by atoms with Gasteiger partial charge in [0.2, 0.25) is 0 Å². The molecule has 3 aliphatic rings. The molecule has 4 heterocycles. The van der Waals surface area contributed by atoms with E-state index in [1.165, 1.54) is 42.1 Å². The molecule has 13 nitrogen and oxygen atoms in total. The number of nitrogens with zero attached hydrogens (tertiary/aromatic N) is 7. The summed E-state index contributed by atoms with van der Waals surface area (Å²) in [5.74, 6) is -3.48. The van der Waals surface area contributed by atoms with Crippen molar-refractivity contribution in [2.75, 3.05) is 85.6 Å². The zero-order chi connectivity index (χ0) is 38.0. The summed E-state index contributed by atoms with van der Waals surface area (Å²) in [5, 5.41) is 7.31. The second-order valence-corrected chi connectivity index (χ2v) is 14.5. The highest BCUT2D eigenvalue weighted by Gasteiger charge is 2.41. The van der Waals surface area contributed by atoms with Gasteiger partial charge in [-0.15, -0.1) is 0 Å². The predicted octanol–water partition coefficient (Wildman–Crippen LogP) is 3.62. The minimum absolute atomic E-state index is 0.0277. The number of halogens is 3. The number of amides is 3. The van der Waals surface area contributed by atoms with Crippen LogP contribution in [0.2, 0.25) is 5.02 Å². The maximum absolute atomic E-state index is 15.6. The van der Waals surface area contributed by atoms with Gasteiger partial charge in [-0.05, 0) is 36.3 Å². The highest BCUT2D eigenvalue weighted by molar-refractivity contribution is 6.34. The highest BCUT2D eigenvalue weighted by atomic mass is 35.5. The standard InChI is InChI=1S/C37H44ClF2N8O5/c1-23-28(21-47(43-23)11-6-17-52-5)25-9-10-27(33(40)32(25)39)30-20-41-34(44(30)2)35(49)42-24-7-8-26(29(38)19-24)36(50)45-12-14-46(15-13-45)37(51)31-22-53-18-16-48(31,3)4/h7-10,19-21,28,31H,6,11-18,22H2,1-5H3/q+1/p+1/t28?,31-/m0/s1. The Labute approximate surface area is 312 Å². The Kier molecular flexibility index (Phi) is 11.4. The maximum Gasteiger partial charge on any atom is 0.291 e. The number of quaternary nitrogens is 1. The number of carbonyl (C=O) groups is 3. The number of aromatic nitrogens is 2. The van der Waals surface area contributed by atoms with Crippen LogP contribution in [0, 0.1) is 11.6 Å². The van der Waals surface area contributed by atoms with E-state index in [2.05, 4.69) is 15.4 Å². The van der Waals surface area contributed by atoms with Crippen LogP contribution in [0.3, 0.4) is 0 Å². The Bertz CT molecular complexity index is 1970. The molecule has 3 aliphatic heterocycles. The lowest BCUT2D eigenvalue weighted by Crippen LogP contribution is -2.64. The second-order valence-electron chi connectivity index (χ2n) is 14.1. The molecule has 6 rings (SSSR count). The van der Waals surface area contributed by atoms with Crippen LogP contribution in [0.5, 0.6) is 0 Å². The first kappa shape index (κ1) is 38.2. The Balaban J connectivity index is 1.09. The summed E-state index contributed by atoms with van der Waals surface area (Å²) >= 11 is 6.54. The number of benzene rings is 2. The van der Waals surface area contributed by atoms with E-state index in [1.54, 1.807) is 40.8 Å². The lowest BCUT2D eigenvalue weighted by molar-refractivity contribution is -0.914. The van der Waals surface area contributed by atoms with Crippen molar-refractivity contribution in [3.8, 4) is 11.3 Å². The normalized spacial score (nSPS) is 19.9. The van der Waals surface area contributed by atoms with Crippen molar-refractivity contribution < 1.29 is 41.8 Å². The van der Waals surface area contributed by atoms with Gasteiger partial charge < -0.3 is 33.6 Å². The second kappa shape index (κ2) is 15.8. The summed E-state index contributed by atoms with van der Waals surface area (Å²) in [5.41, 5.74) is 1.54. The van der Waals surface area contributed by atoms with Gasteiger partial charge in [0, 0.05) is 63.6 Å². The third-order valence-electron chi connectivity index (χ3n) is 10.3. The number of imidazole rings is 1. The first-order valence-electron chi connectivity index (χ1n) is 17.6. The van der Waals surface area contributed by atoms with Crippen molar-refractivity contribution in [2.24, 2.45) is 12.1 Å². The van der Waals surface area contributed by atoms with Crippen LogP contribution in [0.1, 0.15) is 45.8 Å². The molecule has 0 spiro atoms. The minimum Gasteiger partial charge on any atom is -0.384 e. The largest absolute Gasteiger partial charge is 0.384 e. The van der Waals surface area contributed by atoms with Gasteiger partial charge in [0.15, 0.2) is 36.3 Å². The molecular weight excluding hydrogens is 710 g/mol. The number of hydrogen-bond acceptors (Lipinski definition) is 7. The number of rotatable bonds is 10.